The number of nitrogens with zero attached hydrogens (tertiary/aromatic N) is 1. The summed E-state index contributed by atoms with van der Waals surface area (Å²) in [7, 11) is 0. The van der Waals surface area contributed by atoms with E-state index < -0.39 is 6.04 Å². The van der Waals surface area contributed by atoms with Crippen molar-refractivity contribution in [2.24, 2.45) is 0 Å². The van der Waals surface area contributed by atoms with Gasteiger partial charge in [0.2, 0.25) is 5.91 Å². The van der Waals surface area contributed by atoms with E-state index in [1.54, 1.807) is 25.1 Å². The molecule has 5 nitrogen and oxygen atoms in total. The minimum absolute atomic E-state index is 0.162. The first-order valence-electron chi connectivity index (χ1n) is 11.0. The number of benzene rings is 2. The molecule has 0 radical (unpaired) electrons. The number of aryl methyl sites for hydroxylation is 1. The first kappa shape index (κ1) is 22.8. The van der Waals surface area contributed by atoms with Crippen molar-refractivity contribution >= 4 is 11.8 Å². The third-order valence-electron chi connectivity index (χ3n) is 5.74. The summed E-state index contributed by atoms with van der Waals surface area (Å²) in [6.45, 7) is 3.71. The summed E-state index contributed by atoms with van der Waals surface area (Å²) in [4.78, 5) is 27.5. The van der Waals surface area contributed by atoms with Gasteiger partial charge in [-0.3, -0.25) is 9.59 Å². The molecule has 2 aromatic carbocycles. The molecule has 0 bridgehead atoms. The summed E-state index contributed by atoms with van der Waals surface area (Å²) in [6, 6.07) is 12.9. The molecule has 1 atom stereocenters. The fourth-order valence-corrected chi connectivity index (χ4v) is 3.87. The van der Waals surface area contributed by atoms with Crippen molar-refractivity contribution in [3.63, 3.8) is 0 Å². The number of hydrogen-bond donors (Lipinski definition) is 1. The Hall–Kier alpha value is -2.89. The lowest BCUT2D eigenvalue weighted by atomic mass is 9.95. The monoisotopic (exact) mass is 426 g/mol. The van der Waals surface area contributed by atoms with Crippen LogP contribution in [0.3, 0.4) is 0 Å². The molecule has 1 N–H and O–H groups in total. The van der Waals surface area contributed by atoms with Crippen LogP contribution in [0, 0.1) is 12.7 Å². The standard InChI is InChI=1S/C25H31FN2O3/c1-18-7-6-10-23(15-18)31-17-24(29)28(16-20-11-13-21(26)14-12-20)19(2)25(30)27-22-8-4-3-5-9-22/h6-7,10-15,19,22H,3-5,8-9,16-17H2,1-2H3,(H,27,30). The van der Waals surface area contributed by atoms with Crippen LogP contribution in [-0.4, -0.2) is 35.4 Å². The van der Waals surface area contributed by atoms with Gasteiger partial charge in [0.1, 0.15) is 17.6 Å². The van der Waals surface area contributed by atoms with E-state index in [1.807, 2.05) is 25.1 Å². The molecule has 166 valence electrons. The summed E-state index contributed by atoms with van der Waals surface area (Å²) < 4.78 is 19.0. The maximum absolute atomic E-state index is 13.3. The second-order valence-electron chi connectivity index (χ2n) is 8.27. The fourth-order valence-electron chi connectivity index (χ4n) is 3.87. The van der Waals surface area contributed by atoms with E-state index in [2.05, 4.69) is 5.32 Å². The third kappa shape index (κ3) is 6.81. The minimum atomic E-state index is -0.666. The lowest BCUT2D eigenvalue weighted by Gasteiger charge is -2.31. The number of carbonyl (C=O) groups is 2. The number of halogens is 1. The summed E-state index contributed by atoms with van der Waals surface area (Å²) in [5.41, 5.74) is 1.79. The second-order valence-corrected chi connectivity index (χ2v) is 8.27. The van der Waals surface area contributed by atoms with E-state index in [1.165, 1.54) is 23.5 Å². The fraction of sp³-hybridized carbons (Fsp3) is 0.440. The Morgan fingerprint density at radius 1 is 1.13 bits per heavy atom. The maximum atomic E-state index is 13.3. The van der Waals surface area contributed by atoms with Gasteiger partial charge in [-0.15, -0.1) is 0 Å². The molecule has 1 unspecified atom stereocenters. The Morgan fingerprint density at radius 2 is 1.84 bits per heavy atom. The van der Waals surface area contributed by atoms with E-state index >= 15 is 0 Å². The van der Waals surface area contributed by atoms with Crippen LogP contribution in [-0.2, 0) is 16.1 Å². The molecule has 1 saturated carbocycles. The summed E-state index contributed by atoms with van der Waals surface area (Å²) in [5.74, 6) is -0.197. The smallest absolute Gasteiger partial charge is 0.261 e. The zero-order valence-electron chi connectivity index (χ0n) is 18.3. The molecule has 0 aliphatic heterocycles. The van der Waals surface area contributed by atoms with Gasteiger partial charge in [-0.25, -0.2) is 4.39 Å². The SMILES string of the molecule is Cc1cccc(OCC(=O)N(Cc2ccc(F)cc2)C(C)C(=O)NC2CCCCC2)c1. The van der Waals surface area contributed by atoms with Crippen molar-refractivity contribution in [2.75, 3.05) is 6.61 Å². The van der Waals surface area contributed by atoms with E-state index in [0.717, 1.165) is 36.8 Å². The quantitative estimate of drug-likeness (QED) is 0.682. The highest BCUT2D eigenvalue weighted by Gasteiger charge is 2.28. The topological polar surface area (TPSA) is 58.6 Å². The highest BCUT2D eigenvalue weighted by Crippen LogP contribution is 2.19. The Bertz CT molecular complexity index is 879. The van der Waals surface area contributed by atoms with Crippen LogP contribution in [0.5, 0.6) is 5.75 Å². The van der Waals surface area contributed by atoms with E-state index in [9.17, 15) is 14.0 Å². The number of ether oxygens (including phenoxy) is 1. The van der Waals surface area contributed by atoms with Crippen LogP contribution >= 0.6 is 0 Å². The van der Waals surface area contributed by atoms with Crippen LogP contribution in [0.4, 0.5) is 4.39 Å². The van der Waals surface area contributed by atoms with Gasteiger partial charge in [0.05, 0.1) is 0 Å². The second kappa shape index (κ2) is 10.9. The molecule has 6 heteroatoms. The lowest BCUT2D eigenvalue weighted by Crippen LogP contribution is -2.51. The molecule has 2 amide bonds. The molecule has 0 spiro atoms. The number of amides is 2. The zero-order valence-corrected chi connectivity index (χ0v) is 18.3. The van der Waals surface area contributed by atoms with Gasteiger partial charge in [0.15, 0.2) is 6.61 Å². The normalized spacial score (nSPS) is 15.2. The molecular weight excluding hydrogens is 395 g/mol. The van der Waals surface area contributed by atoms with Crippen molar-refractivity contribution in [3.8, 4) is 5.75 Å². The zero-order chi connectivity index (χ0) is 22.2. The molecule has 2 aromatic rings. The maximum Gasteiger partial charge on any atom is 0.261 e. The van der Waals surface area contributed by atoms with Crippen LogP contribution < -0.4 is 10.1 Å². The van der Waals surface area contributed by atoms with Gasteiger partial charge in [-0.1, -0.05) is 43.5 Å². The average molecular weight is 427 g/mol. The summed E-state index contributed by atoms with van der Waals surface area (Å²) >= 11 is 0. The molecule has 0 aromatic heterocycles. The molecule has 1 aliphatic carbocycles. The lowest BCUT2D eigenvalue weighted by molar-refractivity contribution is -0.142. The van der Waals surface area contributed by atoms with E-state index in [4.69, 9.17) is 4.74 Å². The highest BCUT2D eigenvalue weighted by atomic mass is 19.1. The molecule has 0 heterocycles. The Balaban J connectivity index is 1.70. The summed E-state index contributed by atoms with van der Waals surface area (Å²) in [6.07, 6.45) is 5.37. The Morgan fingerprint density at radius 3 is 2.52 bits per heavy atom. The van der Waals surface area contributed by atoms with E-state index in [-0.39, 0.29) is 36.8 Å². The van der Waals surface area contributed by atoms with Gasteiger partial charge < -0.3 is 15.0 Å². The Labute approximate surface area is 183 Å². The molecular formula is C25H31FN2O3. The largest absolute Gasteiger partial charge is 0.484 e. The van der Waals surface area contributed by atoms with Gasteiger partial charge in [-0.05, 0) is 62.1 Å². The van der Waals surface area contributed by atoms with Gasteiger partial charge in [0.25, 0.3) is 5.91 Å². The van der Waals surface area contributed by atoms with Crippen molar-refractivity contribution in [1.82, 2.24) is 10.2 Å². The highest BCUT2D eigenvalue weighted by molar-refractivity contribution is 5.88. The predicted octanol–water partition coefficient (Wildman–Crippen LogP) is 4.38. The third-order valence-corrected chi connectivity index (χ3v) is 5.74. The number of carbonyl (C=O) groups excluding carboxylic acids is 2. The average Bonchev–Trinajstić information content (AvgIpc) is 2.77. The van der Waals surface area contributed by atoms with Crippen LogP contribution in [0.2, 0.25) is 0 Å². The number of nitrogens with one attached hydrogen (secondary N) is 1. The Kier molecular flexibility index (Phi) is 8.04. The molecule has 3 rings (SSSR count). The minimum Gasteiger partial charge on any atom is -0.484 e. The van der Waals surface area contributed by atoms with Crippen LogP contribution in [0.1, 0.15) is 50.2 Å². The molecule has 31 heavy (non-hydrogen) atoms. The molecule has 0 saturated heterocycles. The van der Waals surface area contributed by atoms with Crippen molar-refractivity contribution < 1.29 is 18.7 Å². The predicted molar refractivity (Wildman–Crippen MR) is 118 cm³/mol. The summed E-state index contributed by atoms with van der Waals surface area (Å²) in [5, 5.41) is 3.10. The molecule has 1 aliphatic rings. The van der Waals surface area contributed by atoms with Crippen molar-refractivity contribution in [2.45, 2.75) is 64.6 Å². The van der Waals surface area contributed by atoms with Crippen molar-refractivity contribution in [1.29, 1.82) is 0 Å². The molecule has 1 fully saturated rings. The van der Waals surface area contributed by atoms with Gasteiger partial charge in [0, 0.05) is 12.6 Å². The number of rotatable bonds is 8. The van der Waals surface area contributed by atoms with E-state index in [0.29, 0.717) is 5.75 Å². The first-order valence-corrected chi connectivity index (χ1v) is 11.0. The van der Waals surface area contributed by atoms with Crippen molar-refractivity contribution in [3.05, 3.63) is 65.5 Å². The van der Waals surface area contributed by atoms with Gasteiger partial charge in [-0.2, -0.15) is 0 Å². The number of hydrogen-bond acceptors (Lipinski definition) is 3. The van der Waals surface area contributed by atoms with Crippen LogP contribution in [0.25, 0.3) is 0 Å². The van der Waals surface area contributed by atoms with Crippen LogP contribution in [0.15, 0.2) is 48.5 Å². The van der Waals surface area contributed by atoms with Gasteiger partial charge >= 0.3 is 0 Å². The first-order chi connectivity index (χ1) is 14.9.